The summed E-state index contributed by atoms with van der Waals surface area (Å²) in [5.41, 5.74) is 0.509. The molecule has 0 bridgehead atoms. The van der Waals surface area contributed by atoms with Crippen molar-refractivity contribution in [1.29, 1.82) is 0 Å². The number of fused-ring (bicyclic) bond motifs is 1. The zero-order valence-corrected chi connectivity index (χ0v) is 12.9. The maximum absolute atomic E-state index is 12.6. The molecule has 0 atom stereocenters. The minimum atomic E-state index is -0.814. The first-order valence-corrected chi connectivity index (χ1v) is 8.43. The van der Waals surface area contributed by atoms with Crippen LogP contribution < -0.4 is 10.6 Å². The molecule has 22 heavy (non-hydrogen) atoms. The molecule has 0 aromatic carbocycles. The third kappa shape index (κ3) is 2.03. The number of piperidine rings is 1. The second-order valence-electron chi connectivity index (χ2n) is 6.20. The number of urea groups is 1. The van der Waals surface area contributed by atoms with Crippen LogP contribution in [0.25, 0.3) is 0 Å². The molecule has 2 aliphatic heterocycles. The van der Waals surface area contributed by atoms with E-state index in [1.165, 1.54) is 16.9 Å². The number of nitrogens with one attached hydrogen (secondary N) is 2. The van der Waals surface area contributed by atoms with E-state index in [2.05, 4.69) is 10.6 Å². The van der Waals surface area contributed by atoms with Crippen molar-refractivity contribution in [3.05, 3.63) is 21.4 Å². The maximum Gasteiger partial charge on any atom is 0.322 e. The Morgan fingerprint density at radius 2 is 2.00 bits per heavy atom. The van der Waals surface area contributed by atoms with Crippen molar-refractivity contribution in [2.45, 2.75) is 37.6 Å². The molecule has 1 aromatic rings. The molecule has 4 amide bonds. The van der Waals surface area contributed by atoms with Gasteiger partial charge in [0.25, 0.3) is 11.8 Å². The average Bonchev–Trinajstić information content (AvgIpc) is 3.14. The Morgan fingerprint density at radius 1 is 1.23 bits per heavy atom. The first kappa shape index (κ1) is 13.8. The molecule has 3 aliphatic rings. The third-order valence-electron chi connectivity index (χ3n) is 4.88. The number of likely N-dealkylation sites (tertiary alicyclic amines) is 1. The molecule has 2 N–H and O–H groups in total. The van der Waals surface area contributed by atoms with Crippen LogP contribution in [0.4, 0.5) is 4.79 Å². The van der Waals surface area contributed by atoms with E-state index < -0.39 is 11.6 Å². The number of hydrogen-bond donors (Lipinski definition) is 2. The van der Waals surface area contributed by atoms with Crippen LogP contribution in [0, 0.1) is 0 Å². The second kappa shape index (κ2) is 4.81. The first-order valence-electron chi connectivity index (χ1n) is 7.62. The molecule has 0 saturated carbocycles. The standard InChI is InChI=1S/C15H17N3O3S/c19-12(11-8-9-2-1-3-10(9)22-11)18-6-4-15(5-7-18)13(20)16-14(21)17-15/h8H,1-7H2,(H2,16,17,20,21). The SMILES string of the molecule is O=C1NC(=O)C2(CCN(C(=O)c3cc4c(s3)CCC4)CC2)N1. The zero-order valence-electron chi connectivity index (χ0n) is 12.1. The van der Waals surface area contributed by atoms with E-state index in [1.807, 2.05) is 6.07 Å². The first-order chi connectivity index (χ1) is 10.6. The van der Waals surface area contributed by atoms with Gasteiger partial charge in [-0.25, -0.2) is 4.79 Å². The highest BCUT2D eigenvalue weighted by Crippen LogP contribution is 2.32. The lowest BCUT2D eigenvalue weighted by molar-refractivity contribution is -0.125. The van der Waals surface area contributed by atoms with Crippen molar-refractivity contribution >= 4 is 29.2 Å². The van der Waals surface area contributed by atoms with Gasteiger partial charge < -0.3 is 10.2 Å². The smallest absolute Gasteiger partial charge is 0.322 e. The van der Waals surface area contributed by atoms with Gasteiger partial charge in [0.15, 0.2) is 0 Å². The van der Waals surface area contributed by atoms with Crippen LogP contribution in [-0.4, -0.2) is 41.4 Å². The fraction of sp³-hybridized carbons (Fsp3) is 0.533. The van der Waals surface area contributed by atoms with Crippen LogP contribution in [-0.2, 0) is 17.6 Å². The van der Waals surface area contributed by atoms with Gasteiger partial charge in [0, 0.05) is 18.0 Å². The number of amides is 4. The van der Waals surface area contributed by atoms with E-state index >= 15 is 0 Å². The van der Waals surface area contributed by atoms with Crippen LogP contribution in [0.3, 0.4) is 0 Å². The number of nitrogens with zero attached hydrogens (tertiary/aromatic N) is 1. The Morgan fingerprint density at radius 3 is 2.64 bits per heavy atom. The summed E-state index contributed by atoms with van der Waals surface area (Å²) in [6.07, 6.45) is 4.30. The minimum absolute atomic E-state index is 0.0546. The van der Waals surface area contributed by atoms with E-state index in [0.29, 0.717) is 25.9 Å². The van der Waals surface area contributed by atoms with Crippen molar-refractivity contribution in [2.24, 2.45) is 0 Å². The molecule has 3 heterocycles. The number of rotatable bonds is 1. The van der Waals surface area contributed by atoms with E-state index in [4.69, 9.17) is 0 Å². The molecule has 1 aromatic heterocycles. The van der Waals surface area contributed by atoms with E-state index in [9.17, 15) is 14.4 Å². The van der Waals surface area contributed by atoms with Gasteiger partial charge in [-0.15, -0.1) is 11.3 Å². The normalized spacial score (nSPS) is 22.6. The number of hydrogen-bond acceptors (Lipinski definition) is 4. The molecule has 4 rings (SSSR count). The van der Waals surface area contributed by atoms with E-state index in [-0.39, 0.29) is 11.8 Å². The molecule has 7 heteroatoms. The van der Waals surface area contributed by atoms with E-state index in [1.54, 1.807) is 16.2 Å². The summed E-state index contributed by atoms with van der Waals surface area (Å²) in [5.74, 6) is -0.210. The Balaban J connectivity index is 1.46. The molecule has 2 fully saturated rings. The van der Waals surface area contributed by atoms with Crippen molar-refractivity contribution < 1.29 is 14.4 Å². The van der Waals surface area contributed by atoms with Crippen LogP contribution >= 0.6 is 11.3 Å². The molecule has 2 saturated heterocycles. The fourth-order valence-corrected chi connectivity index (χ4v) is 4.78. The zero-order chi connectivity index (χ0) is 15.3. The van der Waals surface area contributed by atoms with Gasteiger partial charge in [-0.3, -0.25) is 14.9 Å². The van der Waals surface area contributed by atoms with Crippen LogP contribution in [0.2, 0.25) is 0 Å². The second-order valence-corrected chi connectivity index (χ2v) is 7.33. The van der Waals surface area contributed by atoms with Gasteiger partial charge in [0.1, 0.15) is 5.54 Å². The van der Waals surface area contributed by atoms with Crippen molar-refractivity contribution in [3.8, 4) is 0 Å². The maximum atomic E-state index is 12.6. The van der Waals surface area contributed by atoms with Gasteiger partial charge in [-0.2, -0.15) is 0 Å². The Hall–Kier alpha value is -1.89. The molecule has 116 valence electrons. The molecule has 1 aliphatic carbocycles. The summed E-state index contributed by atoms with van der Waals surface area (Å²) in [5, 5.41) is 5.00. The number of carbonyl (C=O) groups is 3. The fourth-order valence-electron chi connectivity index (χ4n) is 3.56. The number of carbonyl (C=O) groups excluding carboxylic acids is 3. The van der Waals surface area contributed by atoms with Crippen LogP contribution in [0.5, 0.6) is 0 Å². The molecule has 1 spiro atoms. The van der Waals surface area contributed by atoms with Crippen LogP contribution in [0.1, 0.15) is 39.4 Å². The lowest BCUT2D eigenvalue weighted by Crippen LogP contribution is -2.55. The number of aryl methyl sites for hydroxylation is 2. The van der Waals surface area contributed by atoms with Gasteiger partial charge in [-0.1, -0.05) is 0 Å². The topological polar surface area (TPSA) is 78.5 Å². The van der Waals surface area contributed by atoms with Gasteiger partial charge in [0.2, 0.25) is 0 Å². The molecular weight excluding hydrogens is 302 g/mol. The lowest BCUT2D eigenvalue weighted by Gasteiger charge is -2.36. The van der Waals surface area contributed by atoms with E-state index in [0.717, 1.165) is 17.7 Å². The summed E-state index contributed by atoms with van der Waals surface area (Å²) in [6, 6.07) is 1.60. The average molecular weight is 319 g/mol. The Labute approximate surface area is 131 Å². The van der Waals surface area contributed by atoms with Crippen molar-refractivity contribution in [2.75, 3.05) is 13.1 Å². The Kier molecular flexibility index (Phi) is 3.00. The van der Waals surface area contributed by atoms with Crippen molar-refractivity contribution in [3.63, 3.8) is 0 Å². The third-order valence-corrected chi connectivity index (χ3v) is 6.10. The highest BCUT2D eigenvalue weighted by Gasteiger charge is 2.48. The summed E-state index contributed by atoms with van der Waals surface area (Å²) in [4.78, 5) is 39.8. The lowest BCUT2D eigenvalue weighted by atomic mass is 9.87. The molecule has 6 nitrogen and oxygen atoms in total. The van der Waals surface area contributed by atoms with Gasteiger partial charge in [0.05, 0.1) is 4.88 Å². The monoisotopic (exact) mass is 319 g/mol. The van der Waals surface area contributed by atoms with Crippen LogP contribution in [0.15, 0.2) is 6.07 Å². The summed E-state index contributed by atoms with van der Waals surface area (Å²) < 4.78 is 0. The Bertz CT molecular complexity index is 652. The summed E-state index contributed by atoms with van der Waals surface area (Å²) in [6.45, 7) is 0.990. The number of imide groups is 1. The highest BCUT2D eigenvalue weighted by atomic mass is 32.1. The molecule has 0 unspecified atom stereocenters. The van der Waals surface area contributed by atoms with Gasteiger partial charge in [-0.05, 0) is 43.7 Å². The quantitative estimate of drug-likeness (QED) is 0.760. The molecule has 0 radical (unpaired) electrons. The summed E-state index contributed by atoms with van der Waals surface area (Å²) in [7, 11) is 0. The highest BCUT2D eigenvalue weighted by molar-refractivity contribution is 7.14. The predicted octanol–water partition coefficient (Wildman–Crippen LogP) is 1.05. The summed E-state index contributed by atoms with van der Waals surface area (Å²) >= 11 is 1.61. The largest absolute Gasteiger partial charge is 0.338 e. The predicted molar refractivity (Wildman–Crippen MR) is 80.9 cm³/mol. The number of thiophene rings is 1. The minimum Gasteiger partial charge on any atom is -0.338 e. The van der Waals surface area contributed by atoms with Crippen molar-refractivity contribution in [1.82, 2.24) is 15.5 Å². The molecular formula is C15H17N3O3S. The van der Waals surface area contributed by atoms with Gasteiger partial charge >= 0.3 is 6.03 Å².